The summed E-state index contributed by atoms with van der Waals surface area (Å²) >= 11 is 0. The van der Waals surface area contributed by atoms with Crippen LogP contribution in [0.5, 0.6) is 0 Å². The molecule has 8 nitrogen and oxygen atoms in total. The van der Waals surface area contributed by atoms with Crippen LogP contribution in [-0.2, 0) is 19.6 Å². The van der Waals surface area contributed by atoms with Gasteiger partial charge in [0.2, 0.25) is 15.9 Å². The summed E-state index contributed by atoms with van der Waals surface area (Å²) in [7, 11) is -3.97. The van der Waals surface area contributed by atoms with Gasteiger partial charge in [-0.3, -0.25) is 4.79 Å². The summed E-state index contributed by atoms with van der Waals surface area (Å²) in [6.07, 6.45) is 6.06. The van der Waals surface area contributed by atoms with Gasteiger partial charge in [-0.05, 0) is 58.6 Å². The number of amides is 2. The molecule has 1 aliphatic rings. The first-order chi connectivity index (χ1) is 15.4. The highest BCUT2D eigenvalue weighted by Crippen LogP contribution is 2.44. The molecule has 0 spiro atoms. The van der Waals surface area contributed by atoms with Crippen molar-refractivity contribution in [3.63, 3.8) is 0 Å². The second-order valence-electron chi connectivity index (χ2n) is 9.23. The summed E-state index contributed by atoms with van der Waals surface area (Å²) in [5, 5.41) is 5.49. The molecule has 1 aromatic rings. The Morgan fingerprint density at radius 1 is 1.21 bits per heavy atom. The van der Waals surface area contributed by atoms with Crippen LogP contribution in [0.2, 0.25) is 0 Å². The highest BCUT2D eigenvalue weighted by atomic mass is 32.2. The molecule has 0 radical (unpaired) electrons. The predicted octanol–water partition coefficient (Wildman–Crippen LogP) is 4.12. The molecule has 0 bridgehead atoms. The van der Waals surface area contributed by atoms with E-state index in [4.69, 9.17) is 4.74 Å². The molecule has 1 aromatic carbocycles. The number of nitrogens with one attached hydrogen (secondary N) is 3. The van der Waals surface area contributed by atoms with Gasteiger partial charge in [-0.15, -0.1) is 13.2 Å². The number of sulfonamides is 1. The maximum Gasteiger partial charge on any atom is 0.408 e. The second-order valence-corrected chi connectivity index (χ2v) is 11.0. The molecule has 3 N–H and O–H groups in total. The Bertz CT molecular complexity index is 984. The third-order valence-electron chi connectivity index (χ3n) is 5.26. The fourth-order valence-electron chi connectivity index (χ4n) is 3.43. The van der Waals surface area contributed by atoms with Crippen LogP contribution in [-0.4, -0.2) is 38.1 Å². The van der Waals surface area contributed by atoms with Gasteiger partial charge in [0.1, 0.15) is 10.5 Å². The van der Waals surface area contributed by atoms with Crippen molar-refractivity contribution in [3.05, 3.63) is 49.6 Å². The van der Waals surface area contributed by atoms with Crippen molar-refractivity contribution in [3.8, 4) is 0 Å². The summed E-state index contributed by atoms with van der Waals surface area (Å²) in [6, 6.07) is 6.23. The molecule has 0 unspecified atom stereocenters. The largest absolute Gasteiger partial charge is 0.444 e. The minimum atomic E-state index is -3.97. The Morgan fingerprint density at radius 2 is 1.91 bits per heavy atom. The van der Waals surface area contributed by atoms with Crippen molar-refractivity contribution in [2.45, 2.75) is 68.9 Å². The number of alkyl carbamates (subject to hydrolysis) is 1. The van der Waals surface area contributed by atoms with Gasteiger partial charge in [0, 0.05) is 18.9 Å². The lowest BCUT2D eigenvalue weighted by Crippen LogP contribution is -2.48. The Balaban J connectivity index is 2.07. The zero-order valence-corrected chi connectivity index (χ0v) is 20.5. The highest BCUT2D eigenvalue weighted by Gasteiger charge is 2.54. The minimum absolute atomic E-state index is 0.0326. The quantitative estimate of drug-likeness (QED) is 0.310. The number of ether oxygens (including phenoxy) is 1. The van der Waals surface area contributed by atoms with Crippen LogP contribution in [0.1, 0.15) is 52.9 Å². The fraction of sp³-hybridized carbons (Fsp3) is 0.500. The lowest BCUT2D eigenvalue weighted by molar-refractivity contribution is -0.116. The number of benzene rings is 1. The molecule has 33 heavy (non-hydrogen) atoms. The fourth-order valence-corrected chi connectivity index (χ4v) is 4.70. The van der Waals surface area contributed by atoms with Gasteiger partial charge in [0.05, 0.1) is 11.2 Å². The summed E-state index contributed by atoms with van der Waals surface area (Å²) in [6.45, 7) is 12.6. The maximum atomic E-state index is 13.1. The molecule has 182 valence electrons. The van der Waals surface area contributed by atoms with Gasteiger partial charge < -0.3 is 15.4 Å². The van der Waals surface area contributed by atoms with Crippen molar-refractivity contribution >= 4 is 27.7 Å². The van der Waals surface area contributed by atoms with E-state index in [-0.39, 0.29) is 29.0 Å². The van der Waals surface area contributed by atoms with Gasteiger partial charge in [-0.2, -0.15) is 0 Å². The second kappa shape index (κ2) is 11.0. The molecule has 0 saturated heterocycles. The van der Waals surface area contributed by atoms with E-state index < -0.39 is 27.3 Å². The average Bonchev–Trinajstić information content (AvgIpc) is 3.41. The number of carbonyl (C=O) groups excluding carboxylic acids is 2. The number of anilines is 1. The first-order valence-corrected chi connectivity index (χ1v) is 12.5. The lowest BCUT2D eigenvalue weighted by Gasteiger charge is -2.24. The zero-order valence-electron chi connectivity index (χ0n) is 19.6. The molecular formula is C24H35N3O5S. The van der Waals surface area contributed by atoms with Gasteiger partial charge in [0.25, 0.3) is 0 Å². The van der Waals surface area contributed by atoms with Gasteiger partial charge in [0.15, 0.2) is 0 Å². The van der Waals surface area contributed by atoms with Gasteiger partial charge >= 0.3 is 6.09 Å². The van der Waals surface area contributed by atoms with Crippen molar-refractivity contribution in [1.82, 2.24) is 10.0 Å². The number of allylic oxidation sites excluding steroid dienone is 1. The molecule has 1 fully saturated rings. The van der Waals surface area contributed by atoms with E-state index in [0.29, 0.717) is 19.3 Å². The van der Waals surface area contributed by atoms with Gasteiger partial charge in [-0.1, -0.05) is 24.3 Å². The van der Waals surface area contributed by atoms with Gasteiger partial charge in [-0.25, -0.2) is 17.9 Å². The van der Waals surface area contributed by atoms with Crippen molar-refractivity contribution in [1.29, 1.82) is 0 Å². The monoisotopic (exact) mass is 477 g/mol. The number of unbranched alkanes of at least 4 members (excludes halogenated alkanes) is 2. The lowest BCUT2D eigenvalue weighted by atomic mass is 10.2. The molecule has 0 heterocycles. The van der Waals surface area contributed by atoms with Crippen LogP contribution in [0, 0.1) is 5.92 Å². The van der Waals surface area contributed by atoms with E-state index >= 15 is 0 Å². The highest BCUT2D eigenvalue weighted by molar-refractivity contribution is 7.89. The smallest absolute Gasteiger partial charge is 0.408 e. The molecule has 0 aliphatic heterocycles. The Hall–Kier alpha value is -2.65. The molecule has 9 heteroatoms. The maximum absolute atomic E-state index is 13.1. The van der Waals surface area contributed by atoms with Crippen LogP contribution in [0.3, 0.4) is 0 Å². The van der Waals surface area contributed by atoms with Crippen LogP contribution in [0.4, 0.5) is 10.5 Å². The molecule has 2 atom stereocenters. The standard InChI is InChI=1S/C24H35N3O5S/c1-6-8-9-10-15-21(28)26-19-13-11-12-14-20(19)33(30,31)25-17-24(16-18(24)7-2)27-22(29)32-23(3,4)5/h6-7,11-14,18,25H,1-2,8-10,15-17H2,3-5H3,(H,26,28)(H,27,29)/t18-,24+/m1/s1. The van der Waals surface area contributed by atoms with E-state index in [9.17, 15) is 18.0 Å². The molecule has 2 amide bonds. The van der Waals surface area contributed by atoms with Crippen LogP contribution in [0.15, 0.2) is 54.5 Å². The number of para-hydroxylation sites is 1. The van der Waals surface area contributed by atoms with Crippen LogP contribution < -0.4 is 15.4 Å². The Kier molecular flexibility index (Phi) is 8.85. The minimum Gasteiger partial charge on any atom is -0.444 e. The normalized spacial score (nSPS) is 19.9. The zero-order chi connectivity index (χ0) is 24.7. The van der Waals surface area contributed by atoms with Crippen LogP contribution in [0.25, 0.3) is 0 Å². The molecular weight excluding hydrogens is 442 g/mol. The van der Waals surface area contributed by atoms with E-state index in [2.05, 4.69) is 28.5 Å². The molecule has 0 aromatic heterocycles. The van der Waals surface area contributed by atoms with E-state index in [1.807, 2.05) is 0 Å². The first-order valence-electron chi connectivity index (χ1n) is 11.1. The number of carbonyl (C=O) groups is 2. The number of hydrogen-bond donors (Lipinski definition) is 3. The van der Waals surface area contributed by atoms with Crippen molar-refractivity contribution in [2.75, 3.05) is 11.9 Å². The third-order valence-corrected chi connectivity index (χ3v) is 6.72. The predicted molar refractivity (Wildman–Crippen MR) is 129 cm³/mol. The summed E-state index contributed by atoms with van der Waals surface area (Å²) < 4.78 is 34.0. The van der Waals surface area contributed by atoms with Crippen molar-refractivity contribution < 1.29 is 22.7 Å². The summed E-state index contributed by atoms with van der Waals surface area (Å²) in [5.74, 6) is -0.336. The topological polar surface area (TPSA) is 114 Å². The van der Waals surface area contributed by atoms with E-state index in [0.717, 1.165) is 12.8 Å². The molecule has 2 rings (SSSR count). The van der Waals surface area contributed by atoms with Crippen LogP contribution >= 0.6 is 0 Å². The van der Waals surface area contributed by atoms with E-state index in [1.54, 1.807) is 51.1 Å². The third kappa shape index (κ3) is 8.01. The first kappa shape index (κ1) is 26.6. The summed E-state index contributed by atoms with van der Waals surface area (Å²) in [5.41, 5.74) is -1.27. The SMILES string of the molecule is C=CCCCCC(=O)Nc1ccccc1S(=O)(=O)NC[C@@]1(NC(=O)OC(C)(C)C)C[C@H]1C=C. The Labute approximate surface area is 196 Å². The summed E-state index contributed by atoms with van der Waals surface area (Å²) in [4.78, 5) is 24.5. The average molecular weight is 478 g/mol. The molecule has 1 saturated carbocycles. The number of rotatable bonds is 12. The van der Waals surface area contributed by atoms with E-state index in [1.165, 1.54) is 6.07 Å². The molecule has 1 aliphatic carbocycles. The Morgan fingerprint density at radius 3 is 2.52 bits per heavy atom. The number of hydrogen-bond acceptors (Lipinski definition) is 5. The van der Waals surface area contributed by atoms with Crippen molar-refractivity contribution in [2.24, 2.45) is 5.92 Å².